The molecule has 0 amide bonds. The molecule has 0 aliphatic rings. The summed E-state index contributed by atoms with van der Waals surface area (Å²) in [5.41, 5.74) is 0.802. The van der Waals surface area contributed by atoms with Gasteiger partial charge in [0.1, 0.15) is 12.4 Å². The summed E-state index contributed by atoms with van der Waals surface area (Å²) < 4.78 is 6.14. The van der Waals surface area contributed by atoms with Crippen LogP contribution in [-0.4, -0.2) is 19.4 Å². The van der Waals surface area contributed by atoms with Crippen molar-refractivity contribution in [2.75, 3.05) is 13.2 Å². The van der Waals surface area contributed by atoms with Gasteiger partial charge in [-0.15, -0.1) is 0 Å². The molecule has 0 saturated heterocycles. The molecule has 98 valence electrons. The van der Waals surface area contributed by atoms with E-state index in [1.54, 1.807) is 18.3 Å². The topological polar surface area (TPSA) is 57.8 Å². The smallest absolute Gasteiger partial charge is 0.181 e. The molecule has 5 nitrogen and oxygen atoms in total. The minimum Gasteiger partial charge on any atom is -0.619 e. The maximum absolute atomic E-state index is 10.8. The number of ether oxygens (including phenoxy) is 1. The maximum Gasteiger partial charge on any atom is 0.181 e. The number of rotatable bonds is 6. The van der Waals surface area contributed by atoms with E-state index in [4.69, 9.17) is 9.57 Å². The van der Waals surface area contributed by atoms with Gasteiger partial charge < -0.3 is 14.8 Å². The van der Waals surface area contributed by atoms with Gasteiger partial charge in [0.2, 0.25) is 0 Å². The molecule has 0 aliphatic carbocycles. The minimum atomic E-state index is 0.361. The molecule has 0 fully saturated rings. The Bertz CT molecular complexity index is 512. The molecular weight excluding hydrogens is 244 g/mol. The van der Waals surface area contributed by atoms with Gasteiger partial charge in [-0.05, 0) is 12.1 Å². The van der Waals surface area contributed by atoms with Crippen molar-refractivity contribution in [3.05, 3.63) is 65.6 Å². The van der Waals surface area contributed by atoms with Crippen molar-refractivity contribution in [3.63, 3.8) is 0 Å². The van der Waals surface area contributed by atoms with Gasteiger partial charge in [-0.25, -0.2) is 0 Å². The zero-order valence-electron chi connectivity index (χ0n) is 10.3. The fraction of sp³-hybridized carbons (Fsp3) is 0.143. The fourth-order valence-corrected chi connectivity index (χ4v) is 1.37. The highest BCUT2D eigenvalue weighted by Crippen LogP contribution is 2.07. The van der Waals surface area contributed by atoms with Gasteiger partial charge in [0.15, 0.2) is 19.0 Å². The summed E-state index contributed by atoms with van der Waals surface area (Å²) in [7, 11) is 0. The van der Waals surface area contributed by atoms with Crippen molar-refractivity contribution in [2.24, 2.45) is 5.16 Å². The highest BCUT2D eigenvalue weighted by Gasteiger charge is 1.92. The molecule has 2 aromatic rings. The Morgan fingerprint density at radius 1 is 1.05 bits per heavy atom. The van der Waals surface area contributed by atoms with Crippen LogP contribution in [0.25, 0.3) is 0 Å². The summed E-state index contributed by atoms with van der Waals surface area (Å²) >= 11 is 0. The van der Waals surface area contributed by atoms with Crippen molar-refractivity contribution >= 4 is 6.21 Å². The molecule has 0 saturated carbocycles. The number of benzene rings is 1. The number of para-hydroxylation sites is 1. The standard InChI is InChI=1S/C14H14N2O3/c17-16-8-6-13(7-9-16)12-15-19-11-10-18-14-4-2-1-3-5-14/h1-9,12H,10-11H2/b15-12+. The van der Waals surface area contributed by atoms with Crippen LogP contribution < -0.4 is 9.47 Å². The summed E-state index contributed by atoms with van der Waals surface area (Å²) in [4.78, 5) is 5.05. The van der Waals surface area contributed by atoms with E-state index in [2.05, 4.69) is 5.16 Å². The third kappa shape index (κ3) is 4.67. The molecule has 0 unspecified atom stereocenters. The zero-order valence-corrected chi connectivity index (χ0v) is 10.3. The van der Waals surface area contributed by atoms with Crippen LogP contribution in [0.1, 0.15) is 5.56 Å². The van der Waals surface area contributed by atoms with Gasteiger partial charge in [-0.3, -0.25) is 0 Å². The Labute approximate surface area is 111 Å². The second-order valence-corrected chi connectivity index (χ2v) is 3.72. The number of oxime groups is 1. The van der Waals surface area contributed by atoms with Gasteiger partial charge in [0, 0.05) is 17.7 Å². The minimum absolute atomic E-state index is 0.361. The quantitative estimate of drug-likeness (QED) is 0.261. The van der Waals surface area contributed by atoms with Gasteiger partial charge in [-0.2, -0.15) is 4.73 Å². The molecule has 19 heavy (non-hydrogen) atoms. The lowest BCUT2D eigenvalue weighted by atomic mass is 10.3. The zero-order chi connectivity index (χ0) is 13.3. The average molecular weight is 258 g/mol. The van der Waals surface area contributed by atoms with Crippen LogP contribution in [0.3, 0.4) is 0 Å². The number of aromatic nitrogens is 1. The third-order valence-corrected chi connectivity index (χ3v) is 2.29. The van der Waals surface area contributed by atoms with Crippen LogP contribution in [0.15, 0.2) is 60.0 Å². The molecule has 1 aromatic carbocycles. The first-order chi connectivity index (χ1) is 9.34. The van der Waals surface area contributed by atoms with E-state index in [0.29, 0.717) is 17.9 Å². The van der Waals surface area contributed by atoms with E-state index >= 15 is 0 Å². The Morgan fingerprint density at radius 2 is 1.79 bits per heavy atom. The highest BCUT2D eigenvalue weighted by atomic mass is 16.6. The second-order valence-electron chi connectivity index (χ2n) is 3.72. The van der Waals surface area contributed by atoms with Crippen LogP contribution >= 0.6 is 0 Å². The summed E-state index contributed by atoms with van der Waals surface area (Å²) in [5, 5.41) is 14.6. The lowest BCUT2D eigenvalue weighted by Gasteiger charge is -2.04. The normalized spacial score (nSPS) is 10.5. The van der Waals surface area contributed by atoms with Crippen molar-refractivity contribution in [2.45, 2.75) is 0 Å². The molecule has 0 N–H and O–H groups in total. The van der Waals surface area contributed by atoms with Crippen LogP contribution in [0.4, 0.5) is 0 Å². The Hall–Kier alpha value is -2.56. The van der Waals surface area contributed by atoms with Crippen LogP contribution in [0, 0.1) is 5.21 Å². The predicted octanol–water partition coefficient (Wildman–Crippen LogP) is 1.75. The number of hydrogen-bond acceptors (Lipinski definition) is 4. The van der Waals surface area contributed by atoms with Crippen LogP contribution in [-0.2, 0) is 4.84 Å². The molecule has 0 radical (unpaired) electrons. The Balaban J connectivity index is 1.65. The van der Waals surface area contributed by atoms with Gasteiger partial charge in [0.25, 0.3) is 0 Å². The predicted molar refractivity (Wildman–Crippen MR) is 70.9 cm³/mol. The van der Waals surface area contributed by atoms with E-state index in [1.165, 1.54) is 12.4 Å². The van der Waals surface area contributed by atoms with E-state index in [-0.39, 0.29) is 0 Å². The summed E-state index contributed by atoms with van der Waals surface area (Å²) in [6, 6.07) is 12.8. The second kappa shape index (κ2) is 7.00. The Kier molecular flexibility index (Phi) is 4.75. The van der Waals surface area contributed by atoms with Gasteiger partial charge in [-0.1, -0.05) is 23.4 Å². The molecule has 0 spiro atoms. The molecule has 2 rings (SSSR count). The monoisotopic (exact) mass is 258 g/mol. The number of hydrogen-bond donors (Lipinski definition) is 0. The fourth-order valence-electron chi connectivity index (χ4n) is 1.37. The Morgan fingerprint density at radius 3 is 2.53 bits per heavy atom. The van der Waals surface area contributed by atoms with E-state index in [9.17, 15) is 5.21 Å². The highest BCUT2D eigenvalue weighted by molar-refractivity contribution is 5.78. The van der Waals surface area contributed by atoms with Crippen LogP contribution in [0.5, 0.6) is 5.75 Å². The van der Waals surface area contributed by atoms with E-state index in [1.807, 2.05) is 30.3 Å². The van der Waals surface area contributed by atoms with E-state index in [0.717, 1.165) is 11.3 Å². The molecule has 0 atom stereocenters. The SMILES string of the molecule is [O-][n+]1ccc(/C=N/OCCOc2ccccc2)cc1. The maximum atomic E-state index is 10.8. The van der Waals surface area contributed by atoms with Crippen molar-refractivity contribution in [1.29, 1.82) is 0 Å². The van der Waals surface area contributed by atoms with Crippen LogP contribution in [0.2, 0.25) is 0 Å². The lowest BCUT2D eigenvalue weighted by molar-refractivity contribution is -0.605. The molecule has 0 bridgehead atoms. The molecule has 0 aliphatic heterocycles. The number of pyridine rings is 1. The largest absolute Gasteiger partial charge is 0.619 e. The first-order valence-electron chi connectivity index (χ1n) is 5.86. The molecular formula is C14H14N2O3. The van der Waals surface area contributed by atoms with Crippen molar-refractivity contribution in [3.8, 4) is 5.75 Å². The summed E-state index contributed by atoms with van der Waals surface area (Å²) in [6.45, 7) is 0.788. The first-order valence-corrected chi connectivity index (χ1v) is 5.86. The van der Waals surface area contributed by atoms with Gasteiger partial charge >= 0.3 is 0 Å². The van der Waals surface area contributed by atoms with Crippen molar-refractivity contribution < 1.29 is 14.3 Å². The molecule has 1 heterocycles. The average Bonchev–Trinajstić information content (AvgIpc) is 2.46. The summed E-state index contributed by atoms with van der Waals surface area (Å²) in [5.74, 6) is 0.804. The number of nitrogens with zero attached hydrogens (tertiary/aromatic N) is 2. The third-order valence-electron chi connectivity index (χ3n) is 2.29. The summed E-state index contributed by atoms with van der Waals surface area (Å²) in [6.07, 6.45) is 4.35. The first kappa shape index (κ1) is 12.9. The van der Waals surface area contributed by atoms with E-state index < -0.39 is 0 Å². The lowest BCUT2D eigenvalue weighted by Crippen LogP contribution is -2.23. The molecule has 5 heteroatoms. The van der Waals surface area contributed by atoms with Crippen molar-refractivity contribution in [1.82, 2.24) is 0 Å². The molecule has 1 aromatic heterocycles. The van der Waals surface area contributed by atoms with Gasteiger partial charge in [0.05, 0.1) is 6.21 Å².